The van der Waals surface area contributed by atoms with Crippen LogP contribution in [0.2, 0.25) is 5.02 Å². The third-order valence-corrected chi connectivity index (χ3v) is 4.15. The first kappa shape index (κ1) is 20.2. The molecule has 0 heterocycles. The maximum atomic E-state index is 13.0. The molecule has 0 saturated heterocycles. The fraction of sp³-hybridized carbons (Fsp3) is 0.158. The summed E-state index contributed by atoms with van der Waals surface area (Å²) in [6.07, 6.45) is -3.54. The minimum Gasteiger partial charge on any atom is -0.455 e. The van der Waals surface area contributed by atoms with Gasteiger partial charge in [0.15, 0.2) is 5.75 Å². The summed E-state index contributed by atoms with van der Waals surface area (Å²) < 4.78 is 44.7. The van der Waals surface area contributed by atoms with E-state index in [-0.39, 0.29) is 17.0 Å². The second kappa shape index (κ2) is 8.03. The number of hydrogen-bond acceptors (Lipinski definition) is 4. The number of anilines is 1. The standard InChI is InChI=1S/C19H13ClF3N3O/c1-11-5-15(6-12(2)18(11)20)27-17-4-3-14(19(21,22)23)7-16(17)26-10-13(8-24)9-25/h3-7,10,26H,1-2H3. The molecule has 8 heteroatoms. The molecule has 4 nitrogen and oxygen atoms in total. The number of aryl methyl sites for hydroxylation is 2. The second-order valence-corrected chi connectivity index (χ2v) is 5.99. The van der Waals surface area contributed by atoms with Crippen LogP contribution in [-0.4, -0.2) is 0 Å². The highest BCUT2D eigenvalue weighted by Gasteiger charge is 2.31. The molecule has 0 aliphatic heterocycles. The van der Waals surface area contributed by atoms with Crippen molar-refractivity contribution in [1.29, 1.82) is 10.5 Å². The minimum atomic E-state index is -4.56. The number of benzene rings is 2. The largest absolute Gasteiger partial charge is 0.455 e. The normalized spacial score (nSPS) is 10.5. The summed E-state index contributed by atoms with van der Waals surface area (Å²) in [4.78, 5) is 0. The van der Waals surface area contributed by atoms with Gasteiger partial charge < -0.3 is 10.1 Å². The molecule has 1 N–H and O–H groups in total. The van der Waals surface area contributed by atoms with Gasteiger partial charge in [0, 0.05) is 11.2 Å². The van der Waals surface area contributed by atoms with Gasteiger partial charge in [-0.15, -0.1) is 0 Å². The Labute approximate surface area is 159 Å². The molecule has 0 spiro atoms. The van der Waals surface area contributed by atoms with Crippen LogP contribution in [0.15, 0.2) is 42.1 Å². The Bertz CT molecular complexity index is 946. The fourth-order valence-electron chi connectivity index (χ4n) is 2.24. The molecule has 0 saturated carbocycles. The lowest BCUT2D eigenvalue weighted by atomic mass is 10.1. The predicted molar refractivity (Wildman–Crippen MR) is 95.4 cm³/mol. The van der Waals surface area contributed by atoms with Crippen LogP contribution in [0.1, 0.15) is 16.7 Å². The van der Waals surface area contributed by atoms with Crippen LogP contribution in [0.3, 0.4) is 0 Å². The van der Waals surface area contributed by atoms with Crippen LogP contribution in [-0.2, 0) is 6.18 Å². The SMILES string of the molecule is Cc1cc(Oc2ccc(C(F)(F)F)cc2NC=C(C#N)C#N)cc(C)c1Cl. The first-order chi connectivity index (χ1) is 12.7. The van der Waals surface area contributed by atoms with Gasteiger partial charge in [-0.2, -0.15) is 23.7 Å². The monoisotopic (exact) mass is 391 g/mol. The first-order valence-electron chi connectivity index (χ1n) is 7.58. The van der Waals surface area contributed by atoms with Crippen molar-refractivity contribution in [2.24, 2.45) is 0 Å². The second-order valence-electron chi connectivity index (χ2n) is 5.61. The van der Waals surface area contributed by atoms with Gasteiger partial charge >= 0.3 is 6.18 Å². The van der Waals surface area contributed by atoms with Crippen molar-refractivity contribution in [2.75, 3.05) is 5.32 Å². The van der Waals surface area contributed by atoms with Crippen molar-refractivity contribution < 1.29 is 17.9 Å². The van der Waals surface area contributed by atoms with Crippen LogP contribution < -0.4 is 10.1 Å². The first-order valence-corrected chi connectivity index (χ1v) is 7.96. The molecule has 2 aromatic carbocycles. The molecule has 0 fully saturated rings. The zero-order chi connectivity index (χ0) is 20.2. The van der Waals surface area contributed by atoms with Crippen molar-refractivity contribution in [1.82, 2.24) is 0 Å². The average molecular weight is 392 g/mol. The molecular weight excluding hydrogens is 379 g/mol. The van der Waals surface area contributed by atoms with Crippen molar-refractivity contribution in [3.63, 3.8) is 0 Å². The molecule has 138 valence electrons. The van der Waals surface area contributed by atoms with Crippen molar-refractivity contribution in [2.45, 2.75) is 20.0 Å². The van der Waals surface area contributed by atoms with Crippen LogP contribution in [0.4, 0.5) is 18.9 Å². The van der Waals surface area contributed by atoms with Gasteiger partial charge in [0.2, 0.25) is 0 Å². The highest BCUT2D eigenvalue weighted by Crippen LogP contribution is 2.38. The molecule has 0 radical (unpaired) electrons. The highest BCUT2D eigenvalue weighted by molar-refractivity contribution is 6.32. The lowest BCUT2D eigenvalue weighted by molar-refractivity contribution is -0.137. The number of halogens is 4. The van der Waals surface area contributed by atoms with Crippen molar-refractivity contribution in [3.8, 4) is 23.6 Å². The zero-order valence-electron chi connectivity index (χ0n) is 14.3. The van der Waals surface area contributed by atoms with Gasteiger partial charge in [-0.05, 0) is 55.3 Å². The Morgan fingerprint density at radius 1 is 1.11 bits per heavy atom. The van der Waals surface area contributed by atoms with Crippen LogP contribution in [0.25, 0.3) is 0 Å². The summed E-state index contributed by atoms with van der Waals surface area (Å²) >= 11 is 6.11. The Kier molecular flexibility index (Phi) is 5.99. The topological polar surface area (TPSA) is 68.8 Å². The number of hydrogen-bond donors (Lipinski definition) is 1. The lowest BCUT2D eigenvalue weighted by Crippen LogP contribution is -2.06. The number of alkyl halides is 3. The maximum Gasteiger partial charge on any atom is 0.416 e. The van der Waals surface area contributed by atoms with Gasteiger partial charge in [0.25, 0.3) is 0 Å². The minimum absolute atomic E-state index is 0.0434. The van der Waals surface area contributed by atoms with Crippen molar-refractivity contribution in [3.05, 3.63) is 63.8 Å². The number of rotatable bonds is 4. The van der Waals surface area contributed by atoms with E-state index in [1.54, 1.807) is 38.1 Å². The molecule has 27 heavy (non-hydrogen) atoms. The molecule has 0 atom stereocenters. The van der Waals surface area contributed by atoms with Crippen LogP contribution >= 0.6 is 11.6 Å². The smallest absolute Gasteiger partial charge is 0.416 e. The lowest BCUT2D eigenvalue weighted by Gasteiger charge is -2.15. The van der Waals surface area contributed by atoms with E-state index in [1.165, 1.54) is 0 Å². The molecule has 0 aromatic heterocycles. The maximum absolute atomic E-state index is 13.0. The van der Waals surface area contributed by atoms with Gasteiger partial charge in [-0.3, -0.25) is 0 Å². The number of ether oxygens (including phenoxy) is 1. The molecular formula is C19H13ClF3N3O. The molecule has 0 aliphatic carbocycles. The zero-order valence-corrected chi connectivity index (χ0v) is 15.0. The van der Waals surface area contributed by atoms with Crippen molar-refractivity contribution >= 4 is 17.3 Å². The molecule has 2 aromatic rings. The van der Waals surface area contributed by atoms with E-state index in [2.05, 4.69) is 5.32 Å². The third kappa shape index (κ3) is 4.93. The Morgan fingerprint density at radius 3 is 2.22 bits per heavy atom. The molecule has 0 amide bonds. The highest BCUT2D eigenvalue weighted by atomic mass is 35.5. The van der Waals surface area contributed by atoms with E-state index in [9.17, 15) is 13.2 Å². The van der Waals surface area contributed by atoms with E-state index >= 15 is 0 Å². The van der Waals surface area contributed by atoms with Gasteiger partial charge in [-0.25, -0.2) is 0 Å². The van der Waals surface area contributed by atoms with E-state index < -0.39 is 11.7 Å². The number of nitrogens with zero attached hydrogens (tertiary/aromatic N) is 2. The van der Waals surface area contributed by atoms with E-state index in [0.29, 0.717) is 10.8 Å². The summed E-state index contributed by atoms with van der Waals surface area (Å²) in [7, 11) is 0. The Morgan fingerprint density at radius 2 is 1.70 bits per heavy atom. The summed E-state index contributed by atoms with van der Waals surface area (Å²) in [5, 5.41) is 20.7. The fourth-order valence-corrected chi connectivity index (χ4v) is 2.35. The predicted octanol–water partition coefficient (Wildman–Crippen LogP) is 6.11. The molecule has 2 rings (SSSR count). The van der Waals surface area contributed by atoms with Gasteiger partial charge in [0.1, 0.15) is 23.5 Å². The quantitative estimate of drug-likeness (QED) is 0.638. The van der Waals surface area contributed by atoms with Gasteiger partial charge in [-0.1, -0.05) is 11.6 Å². The Hall–Kier alpha value is -3.16. The molecule has 0 bridgehead atoms. The van der Waals surface area contributed by atoms with Gasteiger partial charge in [0.05, 0.1) is 11.3 Å². The van der Waals surface area contributed by atoms with Crippen LogP contribution in [0, 0.1) is 36.5 Å². The summed E-state index contributed by atoms with van der Waals surface area (Å²) in [6.45, 7) is 3.56. The molecule has 0 aliphatic rings. The van der Waals surface area contributed by atoms with E-state index in [1.807, 2.05) is 0 Å². The van der Waals surface area contributed by atoms with E-state index in [0.717, 1.165) is 35.5 Å². The number of nitriles is 2. The van der Waals surface area contributed by atoms with E-state index in [4.69, 9.17) is 26.9 Å². The summed E-state index contributed by atoms with van der Waals surface area (Å²) in [5.41, 5.74) is 0.271. The average Bonchev–Trinajstić information content (AvgIpc) is 2.60. The Balaban J connectivity index is 2.47. The number of nitrogens with one attached hydrogen (secondary N) is 1. The summed E-state index contributed by atoms with van der Waals surface area (Å²) in [5.74, 6) is 0.484. The van der Waals surface area contributed by atoms with Crippen LogP contribution in [0.5, 0.6) is 11.5 Å². The summed E-state index contributed by atoms with van der Waals surface area (Å²) in [6, 6.07) is 9.43. The number of allylic oxidation sites excluding steroid dienone is 1. The molecule has 0 unspecified atom stereocenters. The third-order valence-electron chi connectivity index (χ3n) is 3.56.